The molecule has 7 atom stereocenters. The largest absolute Gasteiger partial charge is 0.445 e. The van der Waals surface area contributed by atoms with Gasteiger partial charge in [0, 0.05) is 5.57 Å². The number of aliphatic hydroxyl groups excluding tert-OH is 1. The topological polar surface area (TPSA) is 76.1 Å². The molecular weight excluding hydrogens is 334 g/mol. The Morgan fingerprint density at radius 2 is 1.58 bits per heavy atom. The molecule has 0 spiro atoms. The van der Waals surface area contributed by atoms with Gasteiger partial charge in [0.1, 0.15) is 6.10 Å². The van der Waals surface area contributed by atoms with Gasteiger partial charge in [-0.15, -0.1) is 0 Å². The zero-order valence-corrected chi connectivity index (χ0v) is 15.4. The van der Waals surface area contributed by atoms with Gasteiger partial charge in [-0.05, 0) is 82.0 Å². The zero-order valence-electron chi connectivity index (χ0n) is 15.4. The number of carbonyl (C=O) groups excluding carboxylic acids is 2. The predicted molar refractivity (Wildman–Crippen MR) is 93.7 cm³/mol. The van der Waals surface area contributed by atoms with E-state index in [4.69, 9.17) is 9.47 Å². The summed E-state index contributed by atoms with van der Waals surface area (Å²) in [5.41, 5.74) is 0.172. The van der Waals surface area contributed by atoms with Crippen LogP contribution in [0.2, 0.25) is 0 Å². The van der Waals surface area contributed by atoms with Crippen molar-refractivity contribution in [3.05, 3.63) is 12.2 Å². The van der Waals surface area contributed by atoms with Crippen LogP contribution < -0.4 is 0 Å². The maximum atomic E-state index is 12.7. The van der Waals surface area contributed by atoms with Crippen LogP contribution in [0.15, 0.2) is 12.2 Å². The van der Waals surface area contributed by atoms with Crippen molar-refractivity contribution in [3.8, 4) is 0 Å². The Morgan fingerprint density at radius 3 is 2.04 bits per heavy atom. The van der Waals surface area contributed by atoms with Gasteiger partial charge in [0.25, 0.3) is 5.91 Å². The third kappa shape index (κ3) is 3.29. The van der Waals surface area contributed by atoms with Crippen molar-refractivity contribution in [1.82, 2.24) is 4.90 Å². The molecule has 4 aliphatic carbocycles. The summed E-state index contributed by atoms with van der Waals surface area (Å²) in [5.74, 6) is 1.42. The van der Waals surface area contributed by atoms with E-state index in [2.05, 4.69) is 6.58 Å². The first-order valence-corrected chi connectivity index (χ1v) is 9.95. The number of amides is 2. The third-order valence-electron chi connectivity index (χ3n) is 6.90. The highest BCUT2D eigenvalue weighted by Crippen LogP contribution is 2.47. The van der Waals surface area contributed by atoms with E-state index in [0.717, 1.165) is 38.5 Å². The molecule has 0 heterocycles. The van der Waals surface area contributed by atoms with Crippen LogP contribution in [0.3, 0.4) is 0 Å². The van der Waals surface area contributed by atoms with Crippen LogP contribution in [0.1, 0.15) is 58.3 Å². The van der Waals surface area contributed by atoms with Crippen LogP contribution in [0, 0.1) is 23.7 Å². The Balaban J connectivity index is 1.42. The molecule has 0 aliphatic heterocycles. The van der Waals surface area contributed by atoms with Gasteiger partial charge in [0.05, 0.1) is 6.10 Å². The summed E-state index contributed by atoms with van der Waals surface area (Å²) in [7, 11) is 0. The van der Waals surface area contributed by atoms with E-state index in [1.165, 1.54) is 19.8 Å². The first kappa shape index (κ1) is 18.0. The maximum absolute atomic E-state index is 12.7. The van der Waals surface area contributed by atoms with Gasteiger partial charge in [-0.2, -0.15) is 4.90 Å². The summed E-state index contributed by atoms with van der Waals surface area (Å²) in [6.07, 6.45) is 5.83. The lowest BCUT2D eigenvalue weighted by atomic mass is 9.98. The van der Waals surface area contributed by atoms with Crippen LogP contribution in [-0.4, -0.2) is 40.6 Å². The number of rotatable bonds is 5. The number of ether oxygens (including phenoxy) is 2. The molecule has 6 heteroatoms. The summed E-state index contributed by atoms with van der Waals surface area (Å²) >= 11 is 0. The van der Waals surface area contributed by atoms with Crippen molar-refractivity contribution < 1.29 is 24.2 Å². The minimum atomic E-state index is -1.62. The number of carbonyl (C=O) groups is 2. The second kappa shape index (κ2) is 6.97. The van der Waals surface area contributed by atoms with Gasteiger partial charge >= 0.3 is 6.09 Å². The number of nitrogens with zero attached hydrogens (tertiary/aromatic N) is 1. The molecule has 0 aromatic rings. The molecule has 6 nitrogen and oxygen atoms in total. The SMILES string of the molecule is C=C(C)C(=O)N(C(=O)OC1CC2CCC1C2)C(O)OC1CC2CCC1C2. The van der Waals surface area contributed by atoms with E-state index in [0.29, 0.717) is 28.6 Å². The minimum absolute atomic E-state index is 0.0977. The molecule has 4 aliphatic rings. The lowest BCUT2D eigenvalue weighted by Crippen LogP contribution is -2.49. The molecule has 4 rings (SSSR count). The Bertz CT molecular complexity index is 605. The molecule has 0 aromatic carbocycles. The minimum Gasteiger partial charge on any atom is -0.445 e. The molecule has 1 N–H and O–H groups in total. The summed E-state index contributed by atoms with van der Waals surface area (Å²) in [4.78, 5) is 25.9. The maximum Gasteiger partial charge on any atom is 0.421 e. The first-order valence-electron chi connectivity index (χ1n) is 9.95. The lowest BCUT2D eigenvalue weighted by molar-refractivity contribution is -0.215. The first-order chi connectivity index (χ1) is 12.4. The fourth-order valence-corrected chi connectivity index (χ4v) is 5.57. The Kier molecular flexibility index (Phi) is 4.82. The summed E-state index contributed by atoms with van der Waals surface area (Å²) < 4.78 is 11.4. The van der Waals surface area contributed by atoms with Gasteiger partial charge in [0.2, 0.25) is 6.41 Å². The van der Waals surface area contributed by atoms with Gasteiger partial charge in [0.15, 0.2) is 0 Å². The highest BCUT2D eigenvalue weighted by Gasteiger charge is 2.45. The fourth-order valence-electron chi connectivity index (χ4n) is 5.57. The van der Waals surface area contributed by atoms with Crippen LogP contribution in [-0.2, 0) is 14.3 Å². The van der Waals surface area contributed by atoms with Crippen LogP contribution in [0.5, 0.6) is 0 Å². The van der Waals surface area contributed by atoms with Crippen molar-refractivity contribution in [3.63, 3.8) is 0 Å². The summed E-state index contributed by atoms with van der Waals surface area (Å²) in [6, 6.07) is 0. The number of aliphatic hydroxyl groups is 1. The molecule has 0 saturated heterocycles. The van der Waals surface area contributed by atoms with Crippen LogP contribution in [0.25, 0.3) is 0 Å². The molecule has 4 fully saturated rings. The molecule has 144 valence electrons. The van der Waals surface area contributed by atoms with Gasteiger partial charge < -0.3 is 14.6 Å². The van der Waals surface area contributed by atoms with Crippen molar-refractivity contribution in [2.24, 2.45) is 23.7 Å². The fraction of sp³-hybridized carbons (Fsp3) is 0.800. The van der Waals surface area contributed by atoms with Crippen molar-refractivity contribution in [1.29, 1.82) is 0 Å². The lowest BCUT2D eigenvalue weighted by Gasteiger charge is -2.32. The highest BCUT2D eigenvalue weighted by atomic mass is 16.6. The molecule has 0 aromatic heterocycles. The highest BCUT2D eigenvalue weighted by molar-refractivity contribution is 6.01. The van der Waals surface area contributed by atoms with E-state index in [1.807, 2.05) is 0 Å². The molecule has 4 bridgehead atoms. The number of imide groups is 1. The standard InChI is InChI=1S/C20H29NO5/c1-11(2)18(22)21(19(23)25-16-9-12-3-5-14(16)7-12)20(24)26-17-10-13-4-6-15(17)8-13/h12-17,19,23H,1,3-10H2,2H3. The zero-order chi connectivity index (χ0) is 18.4. The Labute approximate surface area is 154 Å². The third-order valence-corrected chi connectivity index (χ3v) is 6.90. The average Bonchev–Trinajstić information content (AvgIpc) is 3.35. The molecule has 7 unspecified atom stereocenters. The van der Waals surface area contributed by atoms with E-state index in [9.17, 15) is 14.7 Å². The van der Waals surface area contributed by atoms with Gasteiger partial charge in [-0.3, -0.25) is 4.79 Å². The van der Waals surface area contributed by atoms with Gasteiger partial charge in [-0.1, -0.05) is 6.58 Å². The predicted octanol–water partition coefficient (Wildman–Crippen LogP) is 3.20. The van der Waals surface area contributed by atoms with Crippen molar-refractivity contribution >= 4 is 12.0 Å². The monoisotopic (exact) mass is 363 g/mol. The van der Waals surface area contributed by atoms with Gasteiger partial charge in [-0.25, -0.2) is 4.79 Å². The smallest absolute Gasteiger partial charge is 0.421 e. The molecule has 0 radical (unpaired) electrons. The number of hydrogen-bond donors (Lipinski definition) is 1. The quantitative estimate of drug-likeness (QED) is 0.600. The molecule has 26 heavy (non-hydrogen) atoms. The summed E-state index contributed by atoms with van der Waals surface area (Å²) in [6.45, 7) is 5.13. The molecule has 2 amide bonds. The Hall–Kier alpha value is -1.40. The second-order valence-electron chi connectivity index (χ2n) is 8.73. The second-order valence-corrected chi connectivity index (χ2v) is 8.73. The van der Waals surface area contributed by atoms with Crippen LogP contribution >= 0.6 is 0 Å². The van der Waals surface area contributed by atoms with Crippen LogP contribution in [0.4, 0.5) is 4.79 Å². The van der Waals surface area contributed by atoms with Crippen molar-refractivity contribution in [2.75, 3.05) is 0 Å². The van der Waals surface area contributed by atoms with E-state index in [1.54, 1.807) is 0 Å². The summed E-state index contributed by atoms with van der Waals surface area (Å²) in [5, 5.41) is 10.5. The van der Waals surface area contributed by atoms with E-state index < -0.39 is 18.4 Å². The number of fused-ring (bicyclic) bond motifs is 4. The normalized spacial score (nSPS) is 38.4. The number of hydrogen-bond acceptors (Lipinski definition) is 5. The molecule has 4 saturated carbocycles. The van der Waals surface area contributed by atoms with E-state index in [-0.39, 0.29) is 17.8 Å². The molecular formula is C20H29NO5. The van der Waals surface area contributed by atoms with Crippen molar-refractivity contribution in [2.45, 2.75) is 76.9 Å². The average molecular weight is 363 g/mol. The van der Waals surface area contributed by atoms with E-state index >= 15 is 0 Å². The Morgan fingerprint density at radius 1 is 1.00 bits per heavy atom.